The number of aryl methyl sites for hydroxylation is 1. The average molecular weight is 286 g/mol. The Hall–Kier alpha value is -2.89. The van der Waals surface area contributed by atoms with Crippen LogP contribution in [0.3, 0.4) is 0 Å². The van der Waals surface area contributed by atoms with E-state index >= 15 is 0 Å². The van der Waals surface area contributed by atoms with Gasteiger partial charge in [0, 0.05) is 18.0 Å². The van der Waals surface area contributed by atoms with E-state index in [1.165, 1.54) is 25.4 Å². The fraction of sp³-hybridized carbons (Fsp3) is 0.133. The highest BCUT2D eigenvalue weighted by molar-refractivity contribution is 6.05. The molecule has 1 amide bonds. The monoisotopic (exact) mass is 286 g/mol. The zero-order valence-corrected chi connectivity index (χ0v) is 11.6. The van der Waals surface area contributed by atoms with E-state index in [1.807, 2.05) is 6.92 Å². The van der Waals surface area contributed by atoms with Gasteiger partial charge in [0.1, 0.15) is 0 Å². The Morgan fingerprint density at radius 3 is 2.48 bits per heavy atom. The first kappa shape index (κ1) is 14.5. The molecule has 0 fully saturated rings. The number of H-pyrrole nitrogens is 1. The number of hydrogen-bond donors (Lipinski definition) is 2. The number of aromatic amines is 1. The van der Waals surface area contributed by atoms with Crippen molar-refractivity contribution >= 4 is 17.6 Å². The quantitative estimate of drug-likeness (QED) is 0.841. The number of amides is 1. The van der Waals surface area contributed by atoms with Gasteiger partial charge in [0.05, 0.1) is 18.2 Å². The molecule has 108 valence electrons. The standard InChI is InChI=1S/C15H14N2O4/c1-9-3-4-10(15(20)21-2)7-12(9)17-14(19)11-5-6-13(18)16-8-11/h3-8H,1-2H3,(H,16,18)(H,17,19). The summed E-state index contributed by atoms with van der Waals surface area (Å²) in [7, 11) is 1.29. The normalized spacial score (nSPS) is 10.0. The van der Waals surface area contributed by atoms with Gasteiger partial charge in [-0.05, 0) is 30.7 Å². The molecule has 2 aromatic rings. The van der Waals surface area contributed by atoms with Gasteiger partial charge in [-0.3, -0.25) is 9.59 Å². The smallest absolute Gasteiger partial charge is 0.337 e. The Labute approximate surface area is 120 Å². The van der Waals surface area contributed by atoms with Gasteiger partial charge in [-0.2, -0.15) is 0 Å². The number of aromatic nitrogens is 1. The average Bonchev–Trinajstić information content (AvgIpc) is 2.49. The van der Waals surface area contributed by atoms with Crippen molar-refractivity contribution in [1.29, 1.82) is 0 Å². The number of carbonyl (C=O) groups excluding carboxylic acids is 2. The molecule has 0 radical (unpaired) electrons. The van der Waals surface area contributed by atoms with E-state index in [0.717, 1.165) is 5.56 Å². The molecule has 2 rings (SSSR count). The van der Waals surface area contributed by atoms with Crippen LogP contribution in [0.1, 0.15) is 26.3 Å². The van der Waals surface area contributed by atoms with Crippen LogP contribution in [-0.4, -0.2) is 24.0 Å². The van der Waals surface area contributed by atoms with Crippen LogP contribution < -0.4 is 10.9 Å². The summed E-state index contributed by atoms with van der Waals surface area (Å²) in [5.41, 5.74) is 1.70. The van der Waals surface area contributed by atoms with E-state index in [2.05, 4.69) is 15.0 Å². The second-order valence-corrected chi connectivity index (χ2v) is 4.42. The third-order valence-corrected chi connectivity index (χ3v) is 2.95. The number of benzene rings is 1. The predicted octanol–water partition coefficient (Wildman–Crippen LogP) is 1.72. The second kappa shape index (κ2) is 6.04. The van der Waals surface area contributed by atoms with Gasteiger partial charge in [-0.15, -0.1) is 0 Å². The molecule has 0 bridgehead atoms. The van der Waals surface area contributed by atoms with Crippen LogP contribution >= 0.6 is 0 Å². The Morgan fingerprint density at radius 1 is 1.14 bits per heavy atom. The van der Waals surface area contributed by atoms with Gasteiger partial charge < -0.3 is 15.0 Å². The maximum atomic E-state index is 12.1. The molecule has 0 saturated heterocycles. The first-order chi connectivity index (χ1) is 10.0. The van der Waals surface area contributed by atoms with Crippen LogP contribution in [0.5, 0.6) is 0 Å². The van der Waals surface area contributed by atoms with Crippen LogP contribution in [0.2, 0.25) is 0 Å². The molecular formula is C15H14N2O4. The van der Waals surface area contributed by atoms with Gasteiger partial charge in [-0.1, -0.05) is 6.07 Å². The van der Waals surface area contributed by atoms with Crippen molar-refractivity contribution in [3.05, 3.63) is 63.6 Å². The SMILES string of the molecule is COC(=O)c1ccc(C)c(NC(=O)c2ccc(=O)[nH]c2)c1. The molecular weight excluding hydrogens is 272 g/mol. The zero-order chi connectivity index (χ0) is 15.4. The molecule has 6 heteroatoms. The van der Waals surface area contributed by atoms with E-state index in [1.54, 1.807) is 18.2 Å². The number of nitrogens with one attached hydrogen (secondary N) is 2. The number of esters is 1. The largest absolute Gasteiger partial charge is 0.465 e. The zero-order valence-electron chi connectivity index (χ0n) is 11.6. The second-order valence-electron chi connectivity index (χ2n) is 4.42. The van der Waals surface area contributed by atoms with Gasteiger partial charge in [0.2, 0.25) is 5.56 Å². The van der Waals surface area contributed by atoms with Gasteiger partial charge in [0.25, 0.3) is 5.91 Å². The van der Waals surface area contributed by atoms with Crippen LogP contribution in [0.4, 0.5) is 5.69 Å². The molecule has 0 aliphatic heterocycles. The van der Waals surface area contributed by atoms with Gasteiger partial charge in [0.15, 0.2) is 0 Å². The van der Waals surface area contributed by atoms with Crippen LogP contribution in [-0.2, 0) is 4.74 Å². The topological polar surface area (TPSA) is 88.3 Å². The molecule has 6 nitrogen and oxygen atoms in total. The van der Waals surface area contributed by atoms with Crippen molar-refractivity contribution in [2.24, 2.45) is 0 Å². The molecule has 1 heterocycles. The molecule has 1 aromatic carbocycles. The van der Waals surface area contributed by atoms with Crippen molar-refractivity contribution in [1.82, 2.24) is 4.98 Å². The fourth-order valence-electron chi connectivity index (χ4n) is 1.75. The van der Waals surface area contributed by atoms with Crippen molar-refractivity contribution < 1.29 is 14.3 Å². The molecule has 0 unspecified atom stereocenters. The lowest BCUT2D eigenvalue weighted by Crippen LogP contribution is -2.15. The van der Waals surface area contributed by atoms with Crippen molar-refractivity contribution in [2.45, 2.75) is 6.92 Å². The first-order valence-electron chi connectivity index (χ1n) is 6.20. The summed E-state index contributed by atoms with van der Waals surface area (Å²) in [4.78, 5) is 37.0. The summed E-state index contributed by atoms with van der Waals surface area (Å²) in [6.45, 7) is 1.81. The lowest BCUT2D eigenvalue weighted by molar-refractivity contribution is 0.0600. The molecule has 21 heavy (non-hydrogen) atoms. The molecule has 0 atom stereocenters. The summed E-state index contributed by atoms with van der Waals surface area (Å²) in [6, 6.07) is 7.58. The van der Waals surface area contributed by atoms with Crippen molar-refractivity contribution in [2.75, 3.05) is 12.4 Å². The van der Waals surface area contributed by atoms with Crippen LogP contribution in [0.25, 0.3) is 0 Å². The summed E-state index contributed by atoms with van der Waals surface area (Å²) < 4.78 is 4.64. The maximum absolute atomic E-state index is 12.1. The fourth-order valence-corrected chi connectivity index (χ4v) is 1.75. The van der Waals surface area contributed by atoms with Gasteiger partial charge >= 0.3 is 5.97 Å². The summed E-state index contributed by atoms with van der Waals surface area (Å²) in [6.07, 6.45) is 1.33. The number of anilines is 1. The highest BCUT2D eigenvalue weighted by Gasteiger charge is 2.11. The van der Waals surface area contributed by atoms with E-state index in [0.29, 0.717) is 16.8 Å². The molecule has 2 N–H and O–H groups in total. The number of carbonyl (C=O) groups is 2. The third kappa shape index (κ3) is 3.36. The van der Waals surface area contributed by atoms with E-state index in [-0.39, 0.29) is 11.5 Å². The Morgan fingerprint density at radius 2 is 1.86 bits per heavy atom. The van der Waals surface area contributed by atoms with Gasteiger partial charge in [-0.25, -0.2) is 4.79 Å². The Bertz CT molecular complexity index is 729. The van der Waals surface area contributed by atoms with E-state index in [4.69, 9.17) is 0 Å². The highest BCUT2D eigenvalue weighted by atomic mass is 16.5. The summed E-state index contributed by atoms with van der Waals surface area (Å²) in [5.74, 6) is -0.856. The minimum absolute atomic E-state index is 0.282. The Kier molecular flexibility index (Phi) is 4.18. The van der Waals surface area contributed by atoms with Crippen molar-refractivity contribution in [3.63, 3.8) is 0 Å². The number of ether oxygens (including phenoxy) is 1. The summed E-state index contributed by atoms with van der Waals surface area (Å²) in [5, 5.41) is 2.70. The molecule has 0 aliphatic carbocycles. The third-order valence-electron chi connectivity index (χ3n) is 2.95. The number of hydrogen-bond acceptors (Lipinski definition) is 4. The summed E-state index contributed by atoms with van der Waals surface area (Å²) >= 11 is 0. The lowest BCUT2D eigenvalue weighted by atomic mass is 10.1. The van der Waals surface area contributed by atoms with Crippen LogP contribution in [0, 0.1) is 6.92 Å². The van der Waals surface area contributed by atoms with Crippen molar-refractivity contribution in [3.8, 4) is 0 Å². The number of pyridine rings is 1. The minimum atomic E-state index is -0.477. The number of methoxy groups -OCH3 is 1. The Balaban J connectivity index is 2.26. The molecule has 1 aromatic heterocycles. The highest BCUT2D eigenvalue weighted by Crippen LogP contribution is 2.18. The molecule has 0 aliphatic rings. The van der Waals surface area contributed by atoms with E-state index < -0.39 is 5.97 Å². The lowest BCUT2D eigenvalue weighted by Gasteiger charge is -2.10. The van der Waals surface area contributed by atoms with Crippen LogP contribution in [0.15, 0.2) is 41.3 Å². The van der Waals surface area contributed by atoms with E-state index in [9.17, 15) is 14.4 Å². The molecule has 0 saturated carbocycles. The molecule has 0 spiro atoms. The number of rotatable bonds is 3. The maximum Gasteiger partial charge on any atom is 0.337 e. The first-order valence-corrected chi connectivity index (χ1v) is 6.20. The minimum Gasteiger partial charge on any atom is -0.465 e. The predicted molar refractivity (Wildman–Crippen MR) is 77.5 cm³/mol.